The Hall–Kier alpha value is -3.67. The molecule has 0 spiro atoms. The van der Waals surface area contributed by atoms with Crippen molar-refractivity contribution >= 4 is 22.5 Å². The molecule has 1 amide bonds. The Morgan fingerprint density at radius 3 is 2.52 bits per heavy atom. The number of aromatic nitrogens is 3. The first kappa shape index (κ1) is 18.7. The molecule has 2 aromatic heterocycles. The Kier molecular flexibility index (Phi) is 4.99. The van der Waals surface area contributed by atoms with Crippen LogP contribution in [-0.4, -0.2) is 26.8 Å². The molecule has 6 heteroatoms. The van der Waals surface area contributed by atoms with E-state index in [2.05, 4.69) is 15.4 Å². The maximum Gasteiger partial charge on any atom is 0.255 e. The van der Waals surface area contributed by atoms with E-state index < -0.39 is 0 Å². The van der Waals surface area contributed by atoms with E-state index in [-0.39, 0.29) is 12.0 Å². The lowest BCUT2D eigenvalue weighted by atomic mass is 10.1. The third kappa shape index (κ3) is 3.82. The number of nitrogens with one attached hydrogen (secondary N) is 1. The third-order valence-electron chi connectivity index (χ3n) is 4.60. The van der Waals surface area contributed by atoms with Gasteiger partial charge in [0.15, 0.2) is 0 Å². The molecule has 0 unspecified atom stereocenters. The monoisotopic (exact) mass is 386 g/mol. The van der Waals surface area contributed by atoms with E-state index >= 15 is 0 Å². The number of fused-ring (bicyclic) bond motifs is 1. The van der Waals surface area contributed by atoms with Crippen molar-refractivity contribution in [2.24, 2.45) is 7.05 Å². The van der Waals surface area contributed by atoms with Crippen molar-refractivity contribution in [3.05, 3.63) is 72.6 Å². The average molecular weight is 386 g/mol. The van der Waals surface area contributed by atoms with Crippen molar-refractivity contribution in [1.29, 1.82) is 0 Å². The van der Waals surface area contributed by atoms with Gasteiger partial charge in [0.25, 0.3) is 5.91 Å². The fourth-order valence-electron chi connectivity index (χ4n) is 3.29. The van der Waals surface area contributed by atoms with Gasteiger partial charge < -0.3 is 10.1 Å². The van der Waals surface area contributed by atoms with Gasteiger partial charge in [-0.2, -0.15) is 5.10 Å². The van der Waals surface area contributed by atoms with Gasteiger partial charge in [0.2, 0.25) is 0 Å². The predicted molar refractivity (Wildman–Crippen MR) is 114 cm³/mol. The van der Waals surface area contributed by atoms with Gasteiger partial charge in [0, 0.05) is 36.0 Å². The highest BCUT2D eigenvalue weighted by Gasteiger charge is 2.13. The van der Waals surface area contributed by atoms with E-state index in [0.29, 0.717) is 11.3 Å². The smallest absolute Gasteiger partial charge is 0.255 e. The summed E-state index contributed by atoms with van der Waals surface area (Å²) in [6.45, 7) is 3.93. The summed E-state index contributed by atoms with van der Waals surface area (Å²) in [4.78, 5) is 17.3. The molecule has 29 heavy (non-hydrogen) atoms. The van der Waals surface area contributed by atoms with E-state index in [4.69, 9.17) is 4.74 Å². The van der Waals surface area contributed by atoms with E-state index in [1.807, 2.05) is 55.9 Å². The molecule has 0 bridgehead atoms. The number of rotatable bonds is 5. The zero-order chi connectivity index (χ0) is 20.4. The molecule has 0 fully saturated rings. The van der Waals surface area contributed by atoms with Gasteiger partial charge in [-0.05, 0) is 56.3 Å². The van der Waals surface area contributed by atoms with Gasteiger partial charge in [-0.3, -0.25) is 14.5 Å². The van der Waals surface area contributed by atoms with Gasteiger partial charge in [-0.1, -0.05) is 12.1 Å². The van der Waals surface area contributed by atoms with Crippen molar-refractivity contribution in [2.45, 2.75) is 20.0 Å². The minimum Gasteiger partial charge on any atom is -0.491 e. The fraction of sp³-hybridized carbons (Fsp3) is 0.174. The standard InChI is InChI=1S/C23H22N4O2/c1-15(2)29-17-9-7-16(8-10-17)23(28)26-20-6-4-5-19-18(11-13-24-22(19)20)21-12-14-25-27(21)3/h4-15H,1-3H3,(H,26,28). The largest absolute Gasteiger partial charge is 0.491 e. The van der Waals surface area contributed by atoms with Crippen LogP contribution in [0.25, 0.3) is 22.2 Å². The van der Waals surface area contributed by atoms with E-state index in [9.17, 15) is 4.79 Å². The molecule has 2 heterocycles. The second kappa shape index (κ2) is 7.75. The lowest BCUT2D eigenvalue weighted by Crippen LogP contribution is -2.12. The Morgan fingerprint density at radius 2 is 1.83 bits per heavy atom. The highest BCUT2D eigenvalue weighted by Crippen LogP contribution is 2.30. The third-order valence-corrected chi connectivity index (χ3v) is 4.60. The molecule has 2 aromatic carbocycles. The Bertz CT molecular complexity index is 1160. The predicted octanol–water partition coefficient (Wildman–Crippen LogP) is 4.67. The number of ether oxygens (including phenoxy) is 1. The maximum absolute atomic E-state index is 12.8. The molecule has 146 valence electrons. The van der Waals surface area contributed by atoms with Crippen molar-refractivity contribution in [2.75, 3.05) is 5.32 Å². The number of amides is 1. The van der Waals surface area contributed by atoms with Gasteiger partial charge in [-0.15, -0.1) is 0 Å². The number of para-hydroxylation sites is 1. The van der Waals surface area contributed by atoms with Crippen LogP contribution in [0, 0.1) is 0 Å². The number of carbonyl (C=O) groups is 1. The van der Waals surface area contributed by atoms with Gasteiger partial charge in [0.05, 0.1) is 23.0 Å². The minimum atomic E-state index is -0.193. The van der Waals surface area contributed by atoms with Crippen LogP contribution in [0.4, 0.5) is 5.69 Å². The number of anilines is 1. The summed E-state index contributed by atoms with van der Waals surface area (Å²) in [6.07, 6.45) is 3.60. The van der Waals surface area contributed by atoms with Crippen LogP contribution < -0.4 is 10.1 Å². The van der Waals surface area contributed by atoms with Crippen LogP contribution in [0.3, 0.4) is 0 Å². The fourth-order valence-corrected chi connectivity index (χ4v) is 3.29. The molecule has 0 radical (unpaired) electrons. The lowest BCUT2D eigenvalue weighted by Gasteiger charge is -2.12. The second-order valence-corrected chi connectivity index (χ2v) is 7.05. The van der Waals surface area contributed by atoms with Crippen molar-refractivity contribution < 1.29 is 9.53 Å². The quantitative estimate of drug-likeness (QED) is 0.541. The summed E-state index contributed by atoms with van der Waals surface area (Å²) in [5.41, 5.74) is 3.96. The Labute approximate surface area is 169 Å². The van der Waals surface area contributed by atoms with Crippen LogP contribution in [-0.2, 0) is 7.05 Å². The SMILES string of the molecule is CC(C)Oc1ccc(C(=O)Nc2cccc3c(-c4ccnn4C)ccnc23)cc1. The first-order valence-corrected chi connectivity index (χ1v) is 9.47. The van der Waals surface area contributed by atoms with Crippen molar-refractivity contribution in [1.82, 2.24) is 14.8 Å². The minimum absolute atomic E-state index is 0.0880. The molecule has 4 aromatic rings. The van der Waals surface area contributed by atoms with Crippen LogP contribution in [0.1, 0.15) is 24.2 Å². The summed E-state index contributed by atoms with van der Waals surface area (Å²) < 4.78 is 7.45. The summed E-state index contributed by atoms with van der Waals surface area (Å²) in [6, 6.07) is 16.8. The summed E-state index contributed by atoms with van der Waals surface area (Å²) >= 11 is 0. The highest BCUT2D eigenvalue weighted by molar-refractivity contribution is 6.10. The van der Waals surface area contributed by atoms with Gasteiger partial charge in [-0.25, -0.2) is 0 Å². The van der Waals surface area contributed by atoms with E-state index in [1.165, 1.54) is 0 Å². The molecule has 0 aliphatic rings. The molecule has 0 saturated carbocycles. The van der Waals surface area contributed by atoms with Crippen LogP contribution in [0.2, 0.25) is 0 Å². The summed E-state index contributed by atoms with van der Waals surface area (Å²) in [5, 5.41) is 8.19. The number of pyridine rings is 1. The first-order valence-electron chi connectivity index (χ1n) is 9.47. The molecule has 0 aliphatic heterocycles. The number of benzene rings is 2. The number of nitrogens with zero attached hydrogens (tertiary/aromatic N) is 3. The number of hydrogen-bond donors (Lipinski definition) is 1. The number of hydrogen-bond acceptors (Lipinski definition) is 4. The molecule has 6 nitrogen and oxygen atoms in total. The Morgan fingerprint density at radius 1 is 1.03 bits per heavy atom. The number of aryl methyl sites for hydroxylation is 1. The van der Waals surface area contributed by atoms with Gasteiger partial charge in [0.1, 0.15) is 5.75 Å². The summed E-state index contributed by atoms with van der Waals surface area (Å²) in [5.74, 6) is 0.547. The normalized spacial score (nSPS) is 11.0. The zero-order valence-corrected chi connectivity index (χ0v) is 16.6. The molecule has 0 saturated heterocycles. The highest BCUT2D eigenvalue weighted by atomic mass is 16.5. The van der Waals surface area contributed by atoms with Crippen molar-refractivity contribution in [3.8, 4) is 17.0 Å². The lowest BCUT2D eigenvalue weighted by molar-refractivity contribution is 0.102. The van der Waals surface area contributed by atoms with Crippen LogP contribution in [0.15, 0.2) is 67.0 Å². The van der Waals surface area contributed by atoms with E-state index in [1.54, 1.807) is 36.7 Å². The Balaban J connectivity index is 1.65. The first-order chi connectivity index (χ1) is 14.0. The maximum atomic E-state index is 12.8. The molecular weight excluding hydrogens is 364 g/mol. The van der Waals surface area contributed by atoms with E-state index in [0.717, 1.165) is 27.9 Å². The molecule has 1 N–H and O–H groups in total. The van der Waals surface area contributed by atoms with Crippen molar-refractivity contribution in [3.63, 3.8) is 0 Å². The molecular formula is C23H22N4O2. The van der Waals surface area contributed by atoms with Crippen LogP contribution in [0.5, 0.6) is 5.75 Å². The molecule has 0 atom stereocenters. The molecule has 0 aliphatic carbocycles. The average Bonchev–Trinajstić information content (AvgIpc) is 3.13. The van der Waals surface area contributed by atoms with Crippen LogP contribution >= 0.6 is 0 Å². The summed E-state index contributed by atoms with van der Waals surface area (Å²) in [7, 11) is 1.90. The number of carbonyl (C=O) groups excluding carboxylic acids is 1. The van der Waals surface area contributed by atoms with Gasteiger partial charge >= 0.3 is 0 Å². The molecule has 4 rings (SSSR count). The zero-order valence-electron chi connectivity index (χ0n) is 16.6. The topological polar surface area (TPSA) is 69.0 Å². The second-order valence-electron chi connectivity index (χ2n) is 7.05.